The van der Waals surface area contributed by atoms with Gasteiger partial charge < -0.3 is 14.6 Å². The molecule has 0 spiro atoms. The molecule has 2 rings (SSSR count). The number of nitrogens with zero attached hydrogens (tertiary/aromatic N) is 2. The smallest absolute Gasteiger partial charge is 0.341 e. The molecule has 0 saturated heterocycles. The molecule has 6 nitrogen and oxygen atoms in total. The number of hydrogen-bond acceptors (Lipinski definition) is 5. The first-order chi connectivity index (χ1) is 9.15. The van der Waals surface area contributed by atoms with E-state index in [9.17, 15) is 9.90 Å². The lowest BCUT2D eigenvalue weighted by Crippen LogP contribution is -2.16. The Morgan fingerprint density at radius 3 is 3.00 bits per heavy atom. The van der Waals surface area contributed by atoms with E-state index in [1.54, 1.807) is 22.8 Å². The summed E-state index contributed by atoms with van der Waals surface area (Å²) >= 11 is 0. The van der Waals surface area contributed by atoms with Crippen molar-refractivity contribution in [2.45, 2.75) is 19.4 Å². The number of aromatic nitrogens is 2. The van der Waals surface area contributed by atoms with E-state index < -0.39 is 12.1 Å². The second kappa shape index (κ2) is 5.71. The molecule has 0 bridgehead atoms. The van der Waals surface area contributed by atoms with Gasteiger partial charge in [-0.15, -0.1) is 0 Å². The third-order valence-corrected chi connectivity index (χ3v) is 2.81. The zero-order valence-corrected chi connectivity index (χ0v) is 10.9. The van der Waals surface area contributed by atoms with Gasteiger partial charge in [0, 0.05) is 0 Å². The molecule has 102 valence electrons. The lowest BCUT2D eigenvalue weighted by Gasteiger charge is -2.10. The number of pyridine rings is 1. The Morgan fingerprint density at radius 2 is 2.32 bits per heavy atom. The van der Waals surface area contributed by atoms with Crippen LogP contribution in [0.2, 0.25) is 0 Å². The minimum Gasteiger partial charge on any atom is -0.489 e. The van der Waals surface area contributed by atoms with Gasteiger partial charge in [0.2, 0.25) is 0 Å². The maximum Gasteiger partial charge on any atom is 0.341 e. The van der Waals surface area contributed by atoms with Crippen LogP contribution in [0.25, 0.3) is 5.52 Å². The summed E-state index contributed by atoms with van der Waals surface area (Å²) in [7, 11) is 1.33. The molecule has 1 N–H and O–H groups in total. The first kappa shape index (κ1) is 13.4. The summed E-state index contributed by atoms with van der Waals surface area (Å²) in [5, 5.41) is 13.5. The molecule has 19 heavy (non-hydrogen) atoms. The van der Waals surface area contributed by atoms with Crippen LogP contribution in [0.3, 0.4) is 0 Å². The van der Waals surface area contributed by atoms with E-state index in [0.29, 0.717) is 23.3 Å². The summed E-state index contributed by atoms with van der Waals surface area (Å²) in [6.45, 7) is 2.11. The largest absolute Gasteiger partial charge is 0.489 e. The van der Waals surface area contributed by atoms with Gasteiger partial charge in [-0.25, -0.2) is 9.31 Å². The van der Waals surface area contributed by atoms with E-state index in [1.807, 2.05) is 6.92 Å². The minimum absolute atomic E-state index is 0.229. The van der Waals surface area contributed by atoms with Crippen molar-refractivity contribution in [2.24, 2.45) is 0 Å². The predicted molar refractivity (Wildman–Crippen MR) is 68.3 cm³/mol. The molecule has 2 aromatic heterocycles. The molecule has 2 aromatic rings. The van der Waals surface area contributed by atoms with Gasteiger partial charge in [-0.2, -0.15) is 5.10 Å². The van der Waals surface area contributed by atoms with E-state index in [1.165, 1.54) is 13.3 Å². The number of hydrogen-bond donors (Lipinski definition) is 1. The van der Waals surface area contributed by atoms with Crippen LogP contribution in [-0.2, 0) is 4.74 Å². The fraction of sp³-hybridized carbons (Fsp3) is 0.385. The van der Waals surface area contributed by atoms with Crippen LogP contribution in [0, 0.1) is 0 Å². The Balaban J connectivity index is 2.20. The molecule has 0 saturated carbocycles. The molecule has 6 heteroatoms. The average molecular weight is 264 g/mol. The van der Waals surface area contributed by atoms with Gasteiger partial charge in [-0.05, 0) is 18.6 Å². The molecule has 0 aliphatic heterocycles. The number of carbonyl (C=O) groups excluding carboxylic acids is 1. The van der Waals surface area contributed by atoms with Gasteiger partial charge in [0.15, 0.2) is 0 Å². The molecule has 2 heterocycles. The van der Waals surface area contributed by atoms with Crippen LogP contribution >= 0.6 is 0 Å². The lowest BCUT2D eigenvalue weighted by molar-refractivity contribution is 0.0603. The highest BCUT2D eigenvalue weighted by molar-refractivity contribution is 5.96. The Hall–Kier alpha value is -2.08. The van der Waals surface area contributed by atoms with Gasteiger partial charge in [-0.1, -0.05) is 6.92 Å². The van der Waals surface area contributed by atoms with Crippen LogP contribution in [0.4, 0.5) is 0 Å². The maximum atomic E-state index is 11.5. The van der Waals surface area contributed by atoms with Gasteiger partial charge in [0.25, 0.3) is 0 Å². The number of aliphatic hydroxyl groups excluding tert-OH is 1. The number of methoxy groups -OCH3 is 1. The van der Waals surface area contributed by atoms with E-state index in [4.69, 9.17) is 4.74 Å². The number of carbonyl (C=O) groups is 1. The summed E-state index contributed by atoms with van der Waals surface area (Å²) in [6.07, 6.45) is 3.26. The summed E-state index contributed by atoms with van der Waals surface area (Å²) in [5.74, 6) is 0.157. The Kier molecular flexibility index (Phi) is 4.01. The lowest BCUT2D eigenvalue weighted by atomic mass is 10.2. The first-order valence-corrected chi connectivity index (χ1v) is 6.02. The zero-order valence-electron chi connectivity index (χ0n) is 10.9. The quantitative estimate of drug-likeness (QED) is 0.823. The molecule has 0 aliphatic rings. The Labute approximate surface area is 110 Å². The third kappa shape index (κ3) is 2.85. The SMILES string of the molecule is CC[C@@H](O)COc1ccc2c(C(=O)OC)cnn2c1. The van der Waals surface area contributed by atoms with Crippen LogP contribution in [-0.4, -0.2) is 40.5 Å². The highest BCUT2D eigenvalue weighted by Crippen LogP contribution is 2.17. The van der Waals surface area contributed by atoms with Gasteiger partial charge in [0.1, 0.15) is 17.9 Å². The van der Waals surface area contributed by atoms with Crippen molar-refractivity contribution in [3.63, 3.8) is 0 Å². The van der Waals surface area contributed by atoms with Crippen molar-refractivity contribution >= 4 is 11.5 Å². The Bertz CT molecular complexity index is 579. The number of ether oxygens (including phenoxy) is 2. The molecule has 0 fully saturated rings. The highest BCUT2D eigenvalue weighted by atomic mass is 16.5. The van der Waals surface area contributed by atoms with Gasteiger partial charge >= 0.3 is 5.97 Å². The van der Waals surface area contributed by atoms with Crippen LogP contribution in [0.1, 0.15) is 23.7 Å². The van der Waals surface area contributed by atoms with Crippen LogP contribution in [0.5, 0.6) is 5.75 Å². The third-order valence-electron chi connectivity index (χ3n) is 2.81. The van der Waals surface area contributed by atoms with Crippen molar-refractivity contribution < 1.29 is 19.4 Å². The van der Waals surface area contributed by atoms with Gasteiger partial charge in [-0.3, -0.25) is 0 Å². The molecule has 0 aliphatic carbocycles. The summed E-state index contributed by atoms with van der Waals surface area (Å²) in [6, 6.07) is 3.46. The Morgan fingerprint density at radius 1 is 1.53 bits per heavy atom. The monoisotopic (exact) mass is 264 g/mol. The zero-order chi connectivity index (χ0) is 13.8. The average Bonchev–Trinajstić information content (AvgIpc) is 2.86. The fourth-order valence-corrected chi connectivity index (χ4v) is 1.63. The van der Waals surface area contributed by atoms with Crippen molar-refractivity contribution in [1.82, 2.24) is 9.61 Å². The van der Waals surface area contributed by atoms with E-state index in [0.717, 1.165) is 0 Å². The number of esters is 1. The van der Waals surface area contributed by atoms with Gasteiger partial charge in [0.05, 0.1) is 31.1 Å². The summed E-state index contributed by atoms with van der Waals surface area (Å²) < 4.78 is 11.6. The van der Waals surface area contributed by atoms with Crippen molar-refractivity contribution in [2.75, 3.05) is 13.7 Å². The van der Waals surface area contributed by atoms with Crippen molar-refractivity contribution in [3.8, 4) is 5.75 Å². The molecule has 0 amide bonds. The van der Waals surface area contributed by atoms with E-state index in [-0.39, 0.29) is 6.61 Å². The molecule has 0 unspecified atom stereocenters. The maximum absolute atomic E-state index is 11.5. The van der Waals surface area contributed by atoms with Crippen LogP contribution in [0.15, 0.2) is 24.5 Å². The van der Waals surface area contributed by atoms with Crippen molar-refractivity contribution in [1.29, 1.82) is 0 Å². The normalized spacial score (nSPS) is 12.4. The highest BCUT2D eigenvalue weighted by Gasteiger charge is 2.13. The first-order valence-electron chi connectivity index (χ1n) is 6.02. The summed E-state index contributed by atoms with van der Waals surface area (Å²) in [5.41, 5.74) is 1.05. The predicted octanol–water partition coefficient (Wildman–Crippen LogP) is 1.27. The molecule has 1 atom stereocenters. The molecule has 0 aromatic carbocycles. The standard InChI is InChI=1S/C13H16N2O4/c1-3-9(16)8-19-10-4-5-12-11(13(17)18-2)6-14-15(12)7-10/h4-7,9,16H,3,8H2,1-2H3/t9-/m1/s1. The second-order valence-corrected chi connectivity index (χ2v) is 4.12. The van der Waals surface area contributed by atoms with Crippen LogP contribution < -0.4 is 4.74 Å². The summed E-state index contributed by atoms with van der Waals surface area (Å²) in [4.78, 5) is 11.5. The second-order valence-electron chi connectivity index (χ2n) is 4.12. The topological polar surface area (TPSA) is 73.1 Å². The van der Waals surface area contributed by atoms with E-state index >= 15 is 0 Å². The molecular weight excluding hydrogens is 248 g/mol. The number of rotatable bonds is 5. The molecular formula is C13H16N2O4. The fourth-order valence-electron chi connectivity index (χ4n) is 1.63. The van der Waals surface area contributed by atoms with Crippen molar-refractivity contribution in [3.05, 3.63) is 30.1 Å². The minimum atomic E-state index is -0.487. The number of fused-ring (bicyclic) bond motifs is 1. The van der Waals surface area contributed by atoms with E-state index in [2.05, 4.69) is 9.84 Å². The number of aliphatic hydroxyl groups is 1. The molecule has 0 radical (unpaired) electrons.